The van der Waals surface area contributed by atoms with Crippen LogP contribution in [0.3, 0.4) is 0 Å². The minimum Gasteiger partial charge on any atom is -0.369 e. The molecule has 0 spiro atoms. The van der Waals surface area contributed by atoms with Gasteiger partial charge in [0.25, 0.3) is 5.91 Å². The van der Waals surface area contributed by atoms with Gasteiger partial charge in [-0.1, -0.05) is 29.8 Å². The van der Waals surface area contributed by atoms with E-state index in [2.05, 4.69) is 27.5 Å². The van der Waals surface area contributed by atoms with Crippen LogP contribution in [0.1, 0.15) is 23.6 Å². The van der Waals surface area contributed by atoms with Crippen molar-refractivity contribution in [1.29, 1.82) is 0 Å². The van der Waals surface area contributed by atoms with Crippen LogP contribution >= 0.6 is 0 Å². The zero-order valence-electron chi connectivity index (χ0n) is 19.6. The Morgan fingerprint density at radius 2 is 1.70 bits per heavy atom. The first-order chi connectivity index (χ1) is 15.7. The summed E-state index contributed by atoms with van der Waals surface area (Å²) in [4.78, 5) is 43.9. The Morgan fingerprint density at radius 3 is 2.33 bits per heavy atom. The van der Waals surface area contributed by atoms with Crippen LogP contribution < -0.4 is 15.5 Å². The van der Waals surface area contributed by atoms with E-state index in [0.717, 1.165) is 47.9 Å². The van der Waals surface area contributed by atoms with Crippen molar-refractivity contribution < 1.29 is 14.4 Å². The Hall–Kier alpha value is -3.39. The maximum atomic E-state index is 13.1. The smallest absolute Gasteiger partial charge is 0.325 e. The minimum atomic E-state index is -1.19. The van der Waals surface area contributed by atoms with Crippen LogP contribution in [0.25, 0.3) is 0 Å². The summed E-state index contributed by atoms with van der Waals surface area (Å²) in [5.74, 6) is -0.855. The van der Waals surface area contributed by atoms with Gasteiger partial charge in [-0.3, -0.25) is 14.5 Å². The van der Waals surface area contributed by atoms with Gasteiger partial charge in [0.05, 0.1) is 0 Å². The van der Waals surface area contributed by atoms with E-state index < -0.39 is 23.4 Å². The molecule has 4 rings (SSSR count). The second kappa shape index (κ2) is 8.86. The number of nitrogens with zero attached hydrogens (tertiary/aromatic N) is 3. The third kappa shape index (κ3) is 4.57. The first-order valence-electron chi connectivity index (χ1n) is 11.2. The van der Waals surface area contributed by atoms with E-state index in [-0.39, 0.29) is 6.54 Å². The fourth-order valence-corrected chi connectivity index (χ4v) is 4.40. The predicted molar refractivity (Wildman–Crippen MR) is 128 cm³/mol. The lowest BCUT2D eigenvalue weighted by molar-refractivity contribution is -0.133. The van der Waals surface area contributed by atoms with Crippen LogP contribution in [0.4, 0.5) is 16.2 Å². The lowest BCUT2D eigenvalue weighted by Gasteiger charge is -2.35. The maximum absolute atomic E-state index is 13.1. The minimum absolute atomic E-state index is 0.342. The topological polar surface area (TPSA) is 85.0 Å². The molecule has 2 saturated heterocycles. The number of carbonyl (C=O) groups is 3. The second-order valence-corrected chi connectivity index (χ2v) is 9.15. The monoisotopic (exact) mass is 449 g/mol. The van der Waals surface area contributed by atoms with E-state index in [1.165, 1.54) is 0 Å². The lowest BCUT2D eigenvalue weighted by Crippen LogP contribution is -2.44. The molecule has 2 aromatic carbocycles. The Labute approximate surface area is 194 Å². The summed E-state index contributed by atoms with van der Waals surface area (Å²) < 4.78 is 0. The number of imide groups is 1. The number of benzene rings is 2. The summed E-state index contributed by atoms with van der Waals surface area (Å²) in [6.07, 6.45) is 0. The van der Waals surface area contributed by atoms with Crippen molar-refractivity contribution in [2.24, 2.45) is 0 Å². The number of amides is 4. The van der Waals surface area contributed by atoms with E-state index in [4.69, 9.17) is 0 Å². The number of nitrogens with one attached hydrogen (secondary N) is 2. The molecule has 1 atom stereocenters. The summed E-state index contributed by atoms with van der Waals surface area (Å²) in [5.41, 5.74) is 3.42. The predicted octanol–water partition coefficient (Wildman–Crippen LogP) is 2.46. The highest BCUT2D eigenvalue weighted by molar-refractivity contribution is 6.10. The third-order valence-corrected chi connectivity index (χ3v) is 6.53. The van der Waals surface area contributed by atoms with E-state index in [1.54, 1.807) is 6.92 Å². The molecule has 0 bridgehead atoms. The van der Waals surface area contributed by atoms with Gasteiger partial charge in [-0.25, -0.2) is 4.79 Å². The molecule has 33 heavy (non-hydrogen) atoms. The van der Waals surface area contributed by atoms with E-state index in [9.17, 15) is 14.4 Å². The number of hydrogen-bond donors (Lipinski definition) is 2. The Morgan fingerprint density at radius 1 is 1.03 bits per heavy atom. The average molecular weight is 450 g/mol. The van der Waals surface area contributed by atoms with Gasteiger partial charge in [0, 0.05) is 37.6 Å². The largest absolute Gasteiger partial charge is 0.369 e. The van der Waals surface area contributed by atoms with Gasteiger partial charge >= 0.3 is 6.03 Å². The first-order valence-corrected chi connectivity index (χ1v) is 11.2. The molecular formula is C25H31N5O3. The highest BCUT2D eigenvalue weighted by Gasteiger charge is 2.49. The zero-order valence-corrected chi connectivity index (χ0v) is 19.6. The number of hydrogen-bond acceptors (Lipinski definition) is 5. The molecule has 8 nitrogen and oxygen atoms in total. The van der Waals surface area contributed by atoms with Gasteiger partial charge in [0.15, 0.2) is 0 Å². The molecule has 2 N–H and O–H groups in total. The summed E-state index contributed by atoms with van der Waals surface area (Å²) in [5, 5.41) is 5.56. The van der Waals surface area contributed by atoms with Crippen LogP contribution in [0.15, 0.2) is 42.5 Å². The third-order valence-electron chi connectivity index (χ3n) is 6.53. The fourth-order valence-electron chi connectivity index (χ4n) is 4.40. The summed E-state index contributed by atoms with van der Waals surface area (Å²) in [7, 11) is 2.12. The van der Waals surface area contributed by atoms with Gasteiger partial charge in [-0.2, -0.15) is 0 Å². The highest BCUT2D eigenvalue weighted by Crippen LogP contribution is 2.29. The summed E-state index contributed by atoms with van der Waals surface area (Å²) >= 11 is 0. The second-order valence-electron chi connectivity index (χ2n) is 9.15. The number of carbonyl (C=O) groups excluding carboxylic acids is 3. The number of aryl methyl sites for hydroxylation is 2. The number of anilines is 2. The van der Waals surface area contributed by atoms with Crippen molar-refractivity contribution in [3.63, 3.8) is 0 Å². The quantitative estimate of drug-likeness (QED) is 0.685. The molecule has 4 amide bonds. The number of rotatable bonds is 5. The maximum Gasteiger partial charge on any atom is 0.325 e. The molecular weight excluding hydrogens is 418 g/mol. The van der Waals surface area contributed by atoms with Crippen molar-refractivity contribution >= 4 is 29.2 Å². The van der Waals surface area contributed by atoms with E-state index in [1.807, 2.05) is 56.3 Å². The normalized spacial score (nSPS) is 21.3. The Kier molecular flexibility index (Phi) is 6.12. The van der Waals surface area contributed by atoms with E-state index in [0.29, 0.717) is 11.3 Å². The highest BCUT2D eigenvalue weighted by atomic mass is 16.2. The van der Waals surface area contributed by atoms with Crippen LogP contribution in [0.2, 0.25) is 0 Å². The first kappa shape index (κ1) is 22.8. The standard InChI is InChI=1S/C25H31N5O3/c1-17-5-7-19(8-6-17)25(3)23(32)30(24(33)27-25)16-22(31)26-20-9-10-21(18(2)15-20)29-13-11-28(4)12-14-29/h5-10,15H,11-14,16H2,1-4H3,(H,26,31)(H,27,33). The van der Waals surface area contributed by atoms with Gasteiger partial charge in [0.1, 0.15) is 12.1 Å². The van der Waals surface area contributed by atoms with Crippen LogP contribution in [-0.2, 0) is 15.1 Å². The SMILES string of the molecule is Cc1ccc(C2(C)NC(=O)N(CC(=O)Nc3ccc(N4CCN(C)CC4)c(C)c3)C2=O)cc1. The van der Waals surface area contributed by atoms with Crippen LogP contribution in [-0.4, -0.2) is 67.4 Å². The van der Waals surface area contributed by atoms with Crippen molar-refractivity contribution in [3.05, 3.63) is 59.2 Å². The van der Waals surface area contributed by atoms with E-state index >= 15 is 0 Å². The van der Waals surface area contributed by atoms with Crippen molar-refractivity contribution in [2.45, 2.75) is 26.3 Å². The lowest BCUT2D eigenvalue weighted by atomic mass is 9.91. The van der Waals surface area contributed by atoms with Crippen molar-refractivity contribution in [2.75, 3.05) is 50.0 Å². The summed E-state index contributed by atoms with van der Waals surface area (Å²) in [6, 6.07) is 12.7. The molecule has 2 aliphatic heterocycles. The Balaban J connectivity index is 1.41. The van der Waals surface area contributed by atoms with Crippen LogP contribution in [0, 0.1) is 13.8 Å². The molecule has 0 saturated carbocycles. The number of urea groups is 1. The zero-order chi connectivity index (χ0) is 23.8. The van der Waals surface area contributed by atoms with Gasteiger partial charge in [-0.15, -0.1) is 0 Å². The van der Waals surface area contributed by atoms with Gasteiger partial charge in [-0.05, 0) is 57.1 Å². The number of likely N-dealkylation sites (N-methyl/N-ethyl adjacent to an activating group) is 1. The van der Waals surface area contributed by atoms with Crippen molar-refractivity contribution in [3.8, 4) is 0 Å². The molecule has 2 aromatic rings. The number of piperazine rings is 1. The van der Waals surface area contributed by atoms with Crippen molar-refractivity contribution in [1.82, 2.24) is 15.1 Å². The molecule has 2 heterocycles. The molecule has 2 aliphatic rings. The van der Waals surface area contributed by atoms with Gasteiger partial charge in [0.2, 0.25) is 5.91 Å². The van der Waals surface area contributed by atoms with Gasteiger partial charge < -0.3 is 20.4 Å². The van der Waals surface area contributed by atoms with Crippen LogP contribution in [0.5, 0.6) is 0 Å². The summed E-state index contributed by atoms with van der Waals surface area (Å²) in [6.45, 7) is 9.27. The molecule has 174 valence electrons. The molecule has 8 heteroatoms. The molecule has 2 fully saturated rings. The molecule has 0 radical (unpaired) electrons. The fraction of sp³-hybridized carbons (Fsp3) is 0.400. The Bertz CT molecular complexity index is 1080. The molecule has 1 unspecified atom stereocenters. The molecule has 0 aliphatic carbocycles. The average Bonchev–Trinajstić information content (AvgIpc) is 2.99. The molecule has 0 aromatic heterocycles.